The average Bonchev–Trinajstić information content (AvgIpc) is 3.70. The first kappa shape index (κ1) is 13.7. The van der Waals surface area contributed by atoms with Gasteiger partial charge < -0.3 is 0 Å². The number of fused-ring (bicyclic) bond motifs is 10. The van der Waals surface area contributed by atoms with Crippen molar-refractivity contribution in [3.8, 4) is 0 Å². The summed E-state index contributed by atoms with van der Waals surface area (Å²) in [4.78, 5) is 10.8. The van der Waals surface area contributed by atoms with Crippen LogP contribution in [0.4, 0.5) is 0 Å². The third-order valence-electron chi connectivity index (χ3n) is 18.4. The van der Waals surface area contributed by atoms with Crippen LogP contribution in [0.2, 0.25) is 42.8 Å². The SMILES string of the molecule is CCN[C@H](C)[C@@]12[CH]3[CH]4[CH]5[C]1(P(c1ccccc1)c1ccccc1)[Fe]45321678[CH]2[CH]1[CH]6[CH]7[CH]28. The maximum atomic E-state index is 4.09. The van der Waals surface area contributed by atoms with E-state index in [0.717, 1.165) is 21.0 Å². The van der Waals surface area contributed by atoms with Crippen LogP contribution in [-0.4, -0.2) is 16.6 Å². The van der Waals surface area contributed by atoms with Crippen molar-refractivity contribution < 1.29 is 6.51 Å². The van der Waals surface area contributed by atoms with Crippen molar-refractivity contribution in [2.45, 2.75) is 66.8 Å². The van der Waals surface area contributed by atoms with Crippen molar-refractivity contribution in [1.29, 1.82) is 0 Å². The van der Waals surface area contributed by atoms with Gasteiger partial charge in [-0.1, -0.05) is 0 Å². The summed E-state index contributed by atoms with van der Waals surface area (Å²) in [5.74, 6) is 0. The van der Waals surface area contributed by atoms with Gasteiger partial charge in [0.1, 0.15) is 0 Å². The molecule has 150 valence electrons. The molecule has 1 spiro atoms. The van der Waals surface area contributed by atoms with E-state index in [2.05, 4.69) is 79.8 Å². The molecule has 2 aromatic rings. The molecule has 4 unspecified atom stereocenters. The monoisotopic (exact) mass is 441 g/mol. The Balaban J connectivity index is 1.27. The Labute approximate surface area is 164 Å². The molecule has 10 aliphatic rings. The van der Waals surface area contributed by atoms with Crippen molar-refractivity contribution in [2.24, 2.45) is 0 Å². The predicted molar refractivity (Wildman–Crippen MR) is 118 cm³/mol. The van der Waals surface area contributed by atoms with Gasteiger partial charge in [-0.25, -0.2) is 0 Å². The van der Waals surface area contributed by atoms with Crippen molar-refractivity contribution in [2.75, 3.05) is 6.54 Å². The van der Waals surface area contributed by atoms with Crippen LogP contribution in [0, 0.1) is 0 Å². The number of hydrogen-bond acceptors (Lipinski definition) is 1. The summed E-state index contributed by atoms with van der Waals surface area (Å²) in [6, 6.07) is 24.7. The molecule has 0 amide bonds. The number of hydrogen-bond donors (Lipinski definition) is 1. The van der Waals surface area contributed by atoms with Gasteiger partial charge in [-0.2, -0.15) is 0 Å². The fourth-order valence-corrected chi connectivity index (χ4v) is 113. The van der Waals surface area contributed by atoms with Crippen LogP contribution >= 0.6 is 7.92 Å². The van der Waals surface area contributed by atoms with Gasteiger partial charge in [-0.3, -0.25) is 0 Å². The molecule has 3 heteroatoms. The molecule has 0 saturated carbocycles. The summed E-state index contributed by atoms with van der Waals surface area (Å²) in [5, 5.41) is 7.55. The summed E-state index contributed by atoms with van der Waals surface area (Å²) in [5.41, 5.74) is 0. The normalized spacial score (nSPS) is 78.4. The van der Waals surface area contributed by atoms with Crippen LogP contribution in [0.1, 0.15) is 13.8 Å². The Kier molecular flexibility index (Phi) is 0.824. The number of nitrogens with one attached hydrogen (secondary N) is 1. The molecule has 1 N–H and O–H groups in total. The first-order chi connectivity index (χ1) is 14.0. The van der Waals surface area contributed by atoms with Gasteiger partial charge in [0.05, 0.1) is 0 Å². The Hall–Kier alpha value is -0.651. The van der Waals surface area contributed by atoms with Crippen LogP contribution in [-0.2, 0) is 6.51 Å². The second kappa shape index (κ2) is 1.74. The average molecular weight is 441 g/mol. The maximum absolute atomic E-state index is 4.09. The van der Waals surface area contributed by atoms with E-state index in [1.165, 1.54) is 38.5 Å². The summed E-state index contributed by atoms with van der Waals surface area (Å²) in [7, 11) is -0.200. The molecule has 10 heterocycles. The molecule has 1 nitrogen and oxygen atoms in total. The molecule has 2 aromatic carbocycles. The van der Waals surface area contributed by atoms with Gasteiger partial charge in [0.2, 0.25) is 0 Å². The van der Waals surface area contributed by atoms with E-state index >= 15 is 0 Å². The van der Waals surface area contributed by atoms with Gasteiger partial charge in [0.15, 0.2) is 0 Å². The molecule has 0 aliphatic carbocycles. The molecule has 10 saturated heterocycles. The molecular weight excluding hydrogens is 413 g/mol. The molecule has 0 bridgehead atoms. The fraction of sp³-hybridized carbons (Fsp3) is 0.538. The fourth-order valence-electron chi connectivity index (χ4n) is 20.6. The minimum atomic E-state index is -3.48. The quantitative estimate of drug-likeness (QED) is 0.443. The van der Waals surface area contributed by atoms with Crippen LogP contribution in [0.15, 0.2) is 60.7 Å². The van der Waals surface area contributed by atoms with Crippen molar-refractivity contribution in [1.82, 2.24) is 5.32 Å². The van der Waals surface area contributed by atoms with E-state index in [1.54, 1.807) is 10.6 Å². The molecule has 29 heavy (non-hydrogen) atoms. The molecule has 10 aliphatic heterocycles. The Morgan fingerprint density at radius 3 is 1.76 bits per heavy atom. The van der Waals surface area contributed by atoms with Crippen LogP contribution in [0.25, 0.3) is 0 Å². The predicted octanol–water partition coefficient (Wildman–Crippen LogP) is 5.78. The summed E-state index contributed by atoms with van der Waals surface area (Å²) in [6.07, 6.45) is 0. The molecule has 0 aromatic heterocycles. The van der Waals surface area contributed by atoms with E-state index in [4.69, 9.17) is 0 Å². The number of rotatable bonds is 6. The van der Waals surface area contributed by atoms with Crippen molar-refractivity contribution in [3.05, 3.63) is 60.7 Å². The molecular formula is C26H28FeNP. The van der Waals surface area contributed by atoms with E-state index in [9.17, 15) is 0 Å². The van der Waals surface area contributed by atoms with Crippen LogP contribution in [0.3, 0.4) is 0 Å². The van der Waals surface area contributed by atoms with E-state index in [1.807, 2.05) is 0 Å². The molecule has 10 fully saturated rings. The molecule has 12 rings (SSSR count). The third-order valence-corrected chi connectivity index (χ3v) is 68.6. The second-order valence-electron chi connectivity index (χ2n) is 14.1. The van der Waals surface area contributed by atoms with E-state index < -0.39 is 6.51 Å². The second-order valence-corrected chi connectivity index (χ2v) is 40.1. The van der Waals surface area contributed by atoms with Gasteiger partial charge in [-0.05, 0) is 0 Å². The minimum absolute atomic E-state index is 0.200. The Morgan fingerprint density at radius 1 is 0.828 bits per heavy atom. The topological polar surface area (TPSA) is 12.0 Å². The zero-order valence-electron chi connectivity index (χ0n) is 17.0. The van der Waals surface area contributed by atoms with Gasteiger partial charge in [0.25, 0.3) is 0 Å². The van der Waals surface area contributed by atoms with Crippen LogP contribution < -0.4 is 15.9 Å². The Morgan fingerprint density at radius 2 is 1.34 bits per heavy atom. The third kappa shape index (κ3) is 0.250. The summed E-state index contributed by atoms with van der Waals surface area (Å²) >= 11 is 0. The van der Waals surface area contributed by atoms with Crippen molar-refractivity contribution in [3.63, 3.8) is 0 Å². The summed E-state index contributed by atoms with van der Waals surface area (Å²) in [6.45, 7) is 2.70. The van der Waals surface area contributed by atoms with E-state index in [0.29, 0.717) is 0 Å². The first-order valence-corrected chi connectivity index (χ1v) is 19.4. The Bertz CT molecular complexity index is 1520. The zero-order valence-corrected chi connectivity index (χ0v) is 19.0. The van der Waals surface area contributed by atoms with Crippen LogP contribution in [0.5, 0.6) is 0 Å². The van der Waals surface area contributed by atoms with Crippen molar-refractivity contribution >= 4 is 18.5 Å². The first-order valence-electron chi connectivity index (χ1n) is 11.9. The molecule has 6 atom stereocenters. The van der Waals surface area contributed by atoms with Gasteiger partial charge >= 0.3 is 164 Å². The molecule has 0 radical (unpaired) electrons. The van der Waals surface area contributed by atoms with E-state index in [-0.39, 0.29) is 7.92 Å². The standard InChI is InChI=1S/C21H23NP.C5H5.Fe/c1-3-22-17(2)20-15-10-16-21(20)23(18-11-6-4-7-12-18)19-13-8-5-9-14-19;1-2-4-5-3-1;/h4-17,22H,3H2,1-2H3;1-5H;/t17-;;/m1../s1. The number of benzene rings is 2. The van der Waals surface area contributed by atoms with Gasteiger partial charge in [0, 0.05) is 0 Å². The van der Waals surface area contributed by atoms with Gasteiger partial charge in [-0.15, -0.1) is 0 Å². The zero-order chi connectivity index (χ0) is 18.7. The summed E-state index contributed by atoms with van der Waals surface area (Å²) < 4.78 is 1.69.